The van der Waals surface area contributed by atoms with E-state index in [1.165, 1.54) is 17.7 Å². The normalized spacial score (nSPS) is 11.2. The molecule has 3 aromatic carbocycles. The molecule has 0 aromatic heterocycles. The lowest BCUT2D eigenvalue weighted by atomic mass is 10.0. The molecule has 0 radical (unpaired) electrons. The Morgan fingerprint density at radius 2 is 1.41 bits per heavy atom. The summed E-state index contributed by atoms with van der Waals surface area (Å²) in [5, 5.41) is 0. The summed E-state index contributed by atoms with van der Waals surface area (Å²) in [7, 11) is 0. The van der Waals surface area contributed by atoms with Crippen LogP contribution in [0.4, 0.5) is 26.3 Å². The van der Waals surface area contributed by atoms with Crippen molar-refractivity contribution in [2.45, 2.75) is 25.9 Å². The zero-order valence-electron chi connectivity index (χ0n) is 16.8. The first-order chi connectivity index (χ1) is 15.2. The second kappa shape index (κ2) is 9.80. The maximum absolute atomic E-state index is 14.5. The van der Waals surface area contributed by atoms with Crippen LogP contribution in [0.25, 0.3) is 11.1 Å². The predicted molar refractivity (Wildman–Crippen MR) is 108 cm³/mol. The summed E-state index contributed by atoms with van der Waals surface area (Å²) < 4.78 is 89.5. The third-order valence-electron chi connectivity index (χ3n) is 4.53. The highest BCUT2D eigenvalue weighted by Crippen LogP contribution is 2.35. The number of hydrogen-bond donors (Lipinski definition) is 0. The van der Waals surface area contributed by atoms with E-state index in [1.807, 2.05) is 24.3 Å². The van der Waals surface area contributed by atoms with E-state index < -0.39 is 40.9 Å². The Morgan fingerprint density at radius 3 is 1.91 bits per heavy atom. The third-order valence-corrected chi connectivity index (χ3v) is 4.53. The molecule has 0 unspecified atom stereocenters. The van der Waals surface area contributed by atoms with Crippen molar-refractivity contribution < 1.29 is 35.8 Å². The smallest absolute Gasteiger partial charge is 0.426 e. The molecule has 0 bridgehead atoms. The van der Waals surface area contributed by atoms with E-state index >= 15 is 0 Å². The highest BCUT2D eigenvalue weighted by atomic mass is 19.3. The number of halogens is 6. The van der Waals surface area contributed by atoms with Gasteiger partial charge in [-0.3, -0.25) is 0 Å². The van der Waals surface area contributed by atoms with Gasteiger partial charge in [0.25, 0.3) is 0 Å². The summed E-state index contributed by atoms with van der Waals surface area (Å²) in [6, 6.07) is 13.8. The summed E-state index contributed by atoms with van der Waals surface area (Å²) in [5.41, 5.74) is 2.19. The topological polar surface area (TPSA) is 18.5 Å². The van der Waals surface area contributed by atoms with E-state index in [0.29, 0.717) is 17.7 Å². The van der Waals surface area contributed by atoms with Crippen LogP contribution in [0.3, 0.4) is 0 Å². The maximum atomic E-state index is 14.5. The summed E-state index contributed by atoms with van der Waals surface area (Å²) in [4.78, 5) is 0. The molecule has 0 spiro atoms. The fourth-order valence-electron chi connectivity index (χ4n) is 3.03. The van der Waals surface area contributed by atoms with Crippen LogP contribution in [0.1, 0.15) is 24.5 Å². The van der Waals surface area contributed by atoms with E-state index in [4.69, 9.17) is 0 Å². The third kappa shape index (κ3) is 5.63. The largest absolute Gasteiger partial charge is 0.453 e. The average molecular weight is 452 g/mol. The van der Waals surface area contributed by atoms with Crippen molar-refractivity contribution in [3.8, 4) is 22.6 Å². The van der Waals surface area contributed by atoms with Crippen molar-refractivity contribution in [2.24, 2.45) is 0 Å². The Kier molecular flexibility index (Phi) is 7.12. The molecule has 0 aliphatic rings. The van der Waals surface area contributed by atoms with Crippen molar-refractivity contribution in [2.75, 3.05) is 0 Å². The number of ether oxygens (including phenoxy) is 2. The molecule has 0 heterocycles. The molecular weight excluding hydrogens is 434 g/mol. The van der Waals surface area contributed by atoms with Crippen molar-refractivity contribution in [1.82, 2.24) is 0 Å². The van der Waals surface area contributed by atoms with Gasteiger partial charge in [-0.1, -0.05) is 49.7 Å². The summed E-state index contributed by atoms with van der Waals surface area (Å²) in [6.45, 7) is 2.07. The Morgan fingerprint density at radius 1 is 0.875 bits per heavy atom. The van der Waals surface area contributed by atoms with Gasteiger partial charge in [0.15, 0.2) is 23.6 Å². The maximum Gasteiger partial charge on any atom is 0.426 e. The minimum atomic E-state index is -3.91. The van der Waals surface area contributed by atoms with Gasteiger partial charge in [-0.25, -0.2) is 8.78 Å². The van der Waals surface area contributed by atoms with Crippen molar-refractivity contribution in [3.63, 3.8) is 0 Å². The summed E-state index contributed by atoms with van der Waals surface area (Å²) in [5.74, 6) is -4.95. The van der Waals surface area contributed by atoms with Gasteiger partial charge < -0.3 is 9.47 Å². The molecule has 0 aliphatic carbocycles. The van der Waals surface area contributed by atoms with Crippen molar-refractivity contribution >= 4 is 0 Å². The zero-order valence-corrected chi connectivity index (χ0v) is 16.8. The van der Waals surface area contributed by atoms with Gasteiger partial charge in [0, 0.05) is 12.1 Å². The monoisotopic (exact) mass is 452 g/mol. The first-order valence-corrected chi connectivity index (χ1v) is 9.63. The van der Waals surface area contributed by atoms with Crippen molar-refractivity contribution in [1.29, 1.82) is 0 Å². The molecule has 0 aliphatic heterocycles. The molecule has 2 nitrogen and oxygen atoms in total. The minimum absolute atomic E-state index is 0.171. The van der Waals surface area contributed by atoms with Gasteiger partial charge in [0.2, 0.25) is 0 Å². The van der Waals surface area contributed by atoms with Crippen molar-refractivity contribution in [3.05, 3.63) is 95.8 Å². The van der Waals surface area contributed by atoms with Crippen LogP contribution in [-0.4, -0.2) is 0 Å². The van der Waals surface area contributed by atoms with Gasteiger partial charge in [0.1, 0.15) is 5.75 Å². The molecular formula is C24H18F6O2. The highest BCUT2D eigenvalue weighted by molar-refractivity contribution is 5.64. The van der Waals surface area contributed by atoms with E-state index in [0.717, 1.165) is 30.5 Å². The fourth-order valence-corrected chi connectivity index (χ4v) is 3.03. The first-order valence-electron chi connectivity index (χ1n) is 9.63. The Balaban J connectivity index is 1.77. The molecule has 168 valence electrons. The van der Waals surface area contributed by atoms with Crippen LogP contribution in [0.15, 0.2) is 73.0 Å². The quantitative estimate of drug-likeness (QED) is 0.256. The molecule has 0 fully saturated rings. The average Bonchev–Trinajstić information content (AvgIpc) is 2.73. The molecule has 3 aromatic rings. The predicted octanol–water partition coefficient (Wildman–Crippen LogP) is 7.83. The zero-order chi connectivity index (χ0) is 23.3. The number of benzene rings is 3. The SMILES string of the molecule is CCCc1ccc(-c2ccc(C(F)(F)Oc3cc(F)c(OC=C(F)F)c(F)c3)cc2)cc1. The number of aryl methyl sites for hydroxylation is 1. The second-order valence-electron chi connectivity index (χ2n) is 6.88. The van der Waals surface area contributed by atoms with Crippen LogP contribution in [0.5, 0.6) is 11.5 Å². The molecule has 0 amide bonds. The minimum Gasteiger partial charge on any atom is -0.453 e. The molecule has 0 saturated carbocycles. The molecule has 8 heteroatoms. The van der Waals surface area contributed by atoms with Gasteiger partial charge in [-0.05, 0) is 35.2 Å². The van der Waals surface area contributed by atoms with Gasteiger partial charge in [-0.15, -0.1) is 0 Å². The van der Waals surface area contributed by atoms with E-state index in [-0.39, 0.29) is 6.26 Å². The fraction of sp³-hybridized carbons (Fsp3) is 0.167. The second-order valence-corrected chi connectivity index (χ2v) is 6.88. The molecule has 0 N–H and O–H groups in total. The highest BCUT2D eigenvalue weighted by Gasteiger charge is 2.35. The van der Waals surface area contributed by atoms with Crippen LogP contribution in [0.2, 0.25) is 0 Å². The molecule has 0 saturated heterocycles. The van der Waals surface area contributed by atoms with Gasteiger partial charge in [-0.2, -0.15) is 17.6 Å². The first kappa shape index (κ1) is 23.2. The standard InChI is InChI=1S/C24H18F6O2/c1-2-3-15-4-6-16(7-5-15)17-8-10-18(11-9-17)24(29,30)32-19-12-20(25)23(21(26)13-19)31-14-22(27)28/h4-14H,2-3H2,1H3. The lowest BCUT2D eigenvalue weighted by Gasteiger charge is -2.19. The summed E-state index contributed by atoms with van der Waals surface area (Å²) in [6.07, 6.45) is -4.44. The summed E-state index contributed by atoms with van der Waals surface area (Å²) >= 11 is 0. The number of hydrogen-bond acceptors (Lipinski definition) is 2. The van der Waals surface area contributed by atoms with Gasteiger partial charge >= 0.3 is 12.2 Å². The number of rotatable bonds is 8. The van der Waals surface area contributed by atoms with Crippen LogP contribution < -0.4 is 9.47 Å². The molecule has 0 atom stereocenters. The van der Waals surface area contributed by atoms with Crippen LogP contribution in [0, 0.1) is 11.6 Å². The van der Waals surface area contributed by atoms with Gasteiger partial charge in [0.05, 0.1) is 5.56 Å². The van der Waals surface area contributed by atoms with E-state index in [1.54, 1.807) is 0 Å². The van der Waals surface area contributed by atoms with E-state index in [9.17, 15) is 26.3 Å². The van der Waals surface area contributed by atoms with Crippen LogP contribution in [-0.2, 0) is 12.5 Å². The Labute approximate surface area is 180 Å². The molecule has 32 heavy (non-hydrogen) atoms. The number of alkyl halides is 2. The van der Waals surface area contributed by atoms with E-state index in [2.05, 4.69) is 16.4 Å². The Hall–Kier alpha value is -3.42. The Bertz CT molecular complexity index is 1070. The van der Waals surface area contributed by atoms with Crippen LogP contribution >= 0.6 is 0 Å². The lowest BCUT2D eigenvalue weighted by Crippen LogP contribution is -2.22. The lowest BCUT2D eigenvalue weighted by molar-refractivity contribution is -0.185. The molecule has 3 rings (SSSR count).